The fourth-order valence-electron chi connectivity index (χ4n) is 2.49. The van der Waals surface area contributed by atoms with Gasteiger partial charge in [0.25, 0.3) is 11.6 Å². The molecule has 3 N–H and O–H groups in total. The van der Waals surface area contributed by atoms with Crippen molar-refractivity contribution in [1.82, 2.24) is 15.4 Å². The molecule has 0 aliphatic carbocycles. The number of benzene rings is 2. The van der Waals surface area contributed by atoms with Gasteiger partial charge in [0.1, 0.15) is 6.33 Å². The maximum absolute atomic E-state index is 12.3. The third-order valence-electron chi connectivity index (χ3n) is 4.05. The summed E-state index contributed by atoms with van der Waals surface area (Å²) in [5, 5.41) is 25.7. The largest absolute Gasteiger partial charge is 0.355 e. The number of hydrazine groups is 1. The second-order valence-corrected chi connectivity index (χ2v) is 6.56. The van der Waals surface area contributed by atoms with Gasteiger partial charge in [-0.25, -0.2) is 9.97 Å². The first-order valence-electron chi connectivity index (χ1n) is 8.59. The Labute approximate surface area is 179 Å². The average molecular weight is 444 g/mol. The van der Waals surface area contributed by atoms with E-state index in [2.05, 4.69) is 26.1 Å². The number of anilines is 3. The van der Waals surface area contributed by atoms with E-state index in [1.54, 1.807) is 18.2 Å². The number of non-ortho nitro benzene ring substituents is 1. The topological polar surface area (TPSA) is 165 Å². The first-order chi connectivity index (χ1) is 14.8. The lowest BCUT2D eigenvalue weighted by atomic mass is 10.2. The van der Waals surface area contributed by atoms with Gasteiger partial charge in [-0.1, -0.05) is 23.7 Å². The summed E-state index contributed by atoms with van der Waals surface area (Å²) in [5.74, 6) is -1.18. The molecule has 2 aromatic carbocycles. The van der Waals surface area contributed by atoms with Crippen LogP contribution in [0, 0.1) is 27.2 Å². The molecule has 158 valence electrons. The van der Waals surface area contributed by atoms with E-state index < -0.39 is 21.4 Å². The zero-order chi connectivity index (χ0) is 22.5. The van der Waals surface area contributed by atoms with Crippen LogP contribution >= 0.6 is 11.6 Å². The second-order valence-electron chi connectivity index (χ2n) is 6.15. The molecule has 0 aliphatic rings. The Morgan fingerprint density at radius 2 is 1.77 bits per heavy atom. The minimum Gasteiger partial charge on any atom is -0.334 e. The lowest BCUT2D eigenvalue weighted by Gasteiger charge is -2.11. The summed E-state index contributed by atoms with van der Waals surface area (Å²) in [6.07, 6.45) is 1.06. The van der Waals surface area contributed by atoms with Crippen molar-refractivity contribution in [3.05, 3.63) is 85.2 Å². The maximum Gasteiger partial charge on any atom is 0.355 e. The lowest BCUT2D eigenvalue weighted by Crippen LogP contribution is -2.30. The smallest absolute Gasteiger partial charge is 0.334 e. The van der Waals surface area contributed by atoms with Gasteiger partial charge in [0.2, 0.25) is 11.6 Å². The Kier molecular flexibility index (Phi) is 6.21. The van der Waals surface area contributed by atoms with Crippen LogP contribution in [-0.2, 0) is 0 Å². The highest BCUT2D eigenvalue weighted by Gasteiger charge is 2.24. The number of carbonyl (C=O) groups excluding carboxylic acids is 1. The molecule has 1 aromatic heterocycles. The molecule has 0 atom stereocenters. The number of aryl methyl sites for hydroxylation is 1. The predicted molar refractivity (Wildman–Crippen MR) is 112 cm³/mol. The first-order valence-corrected chi connectivity index (χ1v) is 8.97. The number of carbonyl (C=O) groups is 1. The van der Waals surface area contributed by atoms with Crippen molar-refractivity contribution in [2.45, 2.75) is 6.92 Å². The van der Waals surface area contributed by atoms with Gasteiger partial charge in [0.15, 0.2) is 0 Å². The molecule has 0 bridgehead atoms. The number of nitro groups is 2. The van der Waals surface area contributed by atoms with Gasteiger partial charge in [0, 0.05) is 28.4 Å². The zero-order valence-corrected chi connectivity index (χ0v) is 16.6. The fourth-order valence-corrected chi connectivity index (χ4v) is 2.67. The number of nitro benzene ring substituents is 1. The van der Waals surface area contributed by atoms with E-state index in [1.807, 2.05) is 6.92 Å². The summed E-state index contributed by atoms with van der Waals surface area (Å²) in [6.45, 7) is 1.81. The number of aromatic nitrogens is 2. The van der Waals surface area contributed by atoms with Crippen LogP contribution in [0.2, 0.25) is 5.02 Å². The van der Waals surface area contributed by atoms with Crippen molar-refractivity contribution in [2.75, 3.05) is 10.7 Å². The summed E-state index contributed by atoms with van der Waals surface area (Å²) >= 11 is 6.08. The van der Waals surface area contributed by atoms with Crippen LogP contribution < -0.4 is 16.2 Å². The van der Waals surface area contributed by atoms with Gasteiger partial charge in [-0.15, -0.1) is 0 Å². The minimum absolute atomic E-state index is 0.0222. The van der Waals surface area contributed by atoms with Crippen LogP contribution in [0.3, 0.4) is 0 Å². The standard InChI is InChI=1S/C18H14ClN7O5/c1-10-5-6-12(8-14(10)19)22-16-15(26(30)31)17(21-9-20-16)23-24-18(27)11-3-2-4-13(7-11)25(28)29/h2-9H,1H3,(H,24,27)(H2,20,21,22,23). The van der Waals surface area contributed by atoms with E-state index >= 15 is 0 Å². The van der Waals surface area contributed by atoms with Crippen molar-refractivity contribution >= 4 is 46.2 Å². The second kappa shape index (κ2) is 9.00. The molecule has 0 saturated heterocycles. The van der Waals surface area contributed by atoms with E-state index in [4.69, 9.17) is 11.6 Å². The summed E-state index contributed by atoms with van der Waals surface area (Å²) < 4.78 is 0. The van der Waals surface area contributed by atoms with E-state index in [0.717, 1.165) is 18.0 Å². The summed E-state index contributed by atoms with van der Waals surface area (Å²) in [7, 11) is 0. The van der Waals surface area contributed by atoms with E-state index in [-0.39, 0.29) is 22.9 Å². The maximum atomic E-state index is 12.3. The van der Waals surface area contributed by atoms with E-state index in [1.165, 1.54) is 18.2 Å². The molecular weight excluding hydrogens is 430 g/mol. The molecule has 1 heterocycles. The number of hydrogen-bond acceptors (Lipinski definition) is 9. The molecule has 13 heteroatoms. The van der Waals surface area contributed by atoms with Crippen LogP contribution in [-0.4, -0.2) is 25.7 Å². The normalized spacial score (nSPS) is 10.3. The average Bonchev–Trinajstić information content (AvgIpc) is 2.74. The predicted octanol–water partition coefficient (Wildman–Crippen LogP) is 3.76. The van der Waals surface area contributed by atoms with Gasteiger partial charge in [-0.05, 0) is 30.7 Å². The van der Waals surface area contributed by atoms with Crippen LogP contribution in [0.25, 0.3) is 0 Å². The molecule has 31 heavy (non-hydrogen) atoms. The van der Waals surface area contributed by atoms with Crippen LogP contribution in [0.15, 0.2) is 48.8 Å². The summed E-state index contributed by atoms with van der Waals surface area (Å²) in [4.78, 5) is 41.1. The molecule has 3 aromatic rings. The molecular formula is C18H14ClN7O5. The van der Waals surface area contributed by atoms with Crippen molar-refractivity contribution < 1.29 is 14.6 Å². The molecule has 0 saturated carbocycles. The van der Waals surface area contributed by atoms with Crippen LogP contribution in [0.5, 0.6) is 0 Å². The number of nitrogens with one attached hydrogen (secondary N) is 3. The molecule has 12 nitrogen and oxygen atoms in total. The van der Waals surface area contributed by atoms with Crippen molar-refractivity contribution in [3.8, 4) is 0 Å². The zero-order valence-electron chi connectivity index (χ0n) is 15.8. The molecule has 0 spiro atoms. The third-order valence-corrected chi connectivity index (χ3v) is 4.46. The molecule has 0 radical (unpaired) electrons. The molecule has 0 aliphatic heterocycles. The quantitative estimate of drug-likeness (QED) is 0.364. The highest BCUT2D eigenvalue weighted by Crippen LogP contribution is 2.31. The van der Waals surface area contributed by atoms with Gasteiger partial charge in [0.05, 0.1) is 9.85 Å². The monoisotopic (exact) mass is 443 g/mol. The number of hydrogen-bond donors (Lipinski definition) is 3. The van der Waals surface area contributed by atoms with Gasteiger partial charge < -0.3 is 5.32 Å². The molecule has 1 amide bonds. The fraction of sp³-hybridized carbons (Fsp3) is 0.0556. The minimum atomic E-state index is -0.753. The highest BCUT2D eigenvalue weighted by molar-refractivity contribution is 6.31. The van der Waals surface area contributed by atoms with Crippen molar-refractivity contribution in [1.29, 1.82) is 0 Å². The Hall–Kier alpha value is -4.32. The molecule has 3 rings (SSSR count). The highest BCUT2D eigenvalue weighted by atomic mass is 35.5. The Morgan fingerprint density at radius 1 is 1.03 bits per heavy atom. The summed E-state index contributed by atoms with van der Waals surface area (Å²) in [6, 6.07) is 9.98. The lowest BCUT2D eigenvalue weighted by molar-refractivity contribution is -0.384. The first kappa shape index (κ1) is 21.4. The molecule has 0 unspecified atom stereocenters. The van der Waals surface area contributed by atoms with Crippen LogP contribution in [0.1, 0.15) is 15.9 Å². The van der Waals surface area contributed by atoms with Crippen LogP contribution in [0.4, 0.5) is 28.7 Å². The third kappa shape index (κ3) is 5.00. The van der Waals surface area contributed by atoms with Crippen molar-refractivity contribution in [2.24, 2.45) is 0 Å². The number of rotatable bonds is 7. The Bertz CT molecular complexity index is 1190. The van der Waals surface area contributed by atoms with E-state index in [9.17, 15) is 25.0 Å². The summed E-state index contributed by atoms with van der Waals surface area (Å²) in [5.41, 5.74) is 5.06. The molecule has 0 fully saturated rings. The van der Waals surface area contributed by atoms with Gasteiger partial charge in [-0.3, -0.25) is 35.9 Å². The van der Waals surface area contributed by atoms with Crippen molar-refractivity contribution in [3.63, 3.8) is 0 Å². The Morgan fingerprint density at radius 3 is 2.45 bits per heavy atom. The number of halogens is 1. The Balaban J connectivity index is 1.83. The number of amides is 1. The number of nitrogens with zero attached hydrogens (tertiary/aromatic N) is 4. The SMILES string of the molecule is Cc1ccc(Nc2ncnc(NNC(=O)c3cccc([N+](=O)[O-])c3)c2[N+](=O)[O-])cc1Cl. The van der Waals surface area contributed by atoms with E-state index in [0.29, 0.717) is 10.7 Å². The van der Waals surface area contributed by atoms with Gasteiger partial charge >= 0.3 is 5.69 Å². The van der Waals surface area contributed by atoms with Gasteiger partial charge in [-0.2, -0.15) is 0 Å².